The highest BCUT2D eigenvalue weighted by molar-refractivity contribution is 6.32. The summed E-state index contributed by atoms with van der Waals surface area (Å²) in [6.07, 6.45) is 0. The molecule has 0 saturated heterocycles. The molecule has 0 aliphatic heterocycles. The summed E-state index contributed by atoms with van der Waals surface area (Å²) in [4.78, 5) is 12.1. The van der Waals surface area contributed by atoms with Crippen molar-refractivity contribution in [2.75, 3.05) is 25.1 Å². The summed E-state index contributed by atoms with van der Waals surface area (Å²) in [6, 6.07) is 10.8. The van der Waals surface area contributed by atoms with E-state index >= 15 is 0 Å². The lowest BCUT2D eigenvalue weighted by Gasteiger charge is -2.14. The van der Waals surface area contributed by atoms with Gasteiger partial charge in [-0.1, -0.05) is 35.9 Å². The molecule has 0 aliphatic rings. The summed E-state index contributed by atoms with van der Waals surface area (Å²) in [6.45, 7) is 3.28. The number of carbonyl (C=O) groups excluding carboxylic acids is 1. The number of nitrogens with one attached hydrogen (secondary N) is 2. The van der Waals surface area contributed by atoms with Crippen LogP contribution in [0.15, 0.2) is 42.5 Å². The molecule has 0 aliphatic carbocycles. The van der Waals surface area contributed by atoms with Crippen molar-refractivity contribution >= 4 is 23.3 Å². The fraction of sp³-hybridized carbons (Fsp3) is 0.278. The van der Waals surface area contributed by atoms with Gasteiger partial charge in [-0.05, 0) is 25.1 Å². The van der Waals surface area contributed by atoms with Crippen molar-refractivity contribution in [2.45, 2.75) is 13.5 Å². The maximum atomic E-state index is 13.6. The minimum absolute atomic E-state index is 0.0691. The molecule has 2 aromatic rings. The van der Waals surface area contributed by atoms with Gasteiger partial charge in [0.15, 0.2) is 5.75 Å². The lowest BCUT2D eigenvalue weighted by Crippen LogP contribution is -2.28. The van der Waals surface area contributed by atoms with Crippen molar-refractivity contribution in [2.24, 2.45) is 0 Å². The fourth-order valence-corrected chi connectivity index (χ4v) is 2.31. The number of urea groups is 1. The molecule has 0 aromatic heterocycles. The van der Waals surface area contributed by atoms with E-state index in [1.807, 2.05) is 6.92 Å². The molecule has 0 bridgehead atoms. The highest BCUT2D eigenvalue weighted by Gasteiger charge is 2.12. The van der Waals surface area contributed by atoms with Crippen LogP contribution in [0.3, 0.4) is 0 Å². The maximum absolute atomic E-state index is 13.6. The molecule has 25 heavy (non-hydrogen) atoms. The Balaban J connectivity index is 1.95. The molecule has 0 spiro atoms. The number of anilines is 1. The number of carbonyl (C=O) groups is 1. The topological polar surface area (TPSA) is 59.6 Å². The van der Waals surface area contributed by atoms with E-state index in [9.17, 15) is 9.18 Å². The average molecular weight is 367 g/mol. The van der Waals surface area contributed by atoms with Crippen molar-refractivity contribution in [3.8, 4) is 5.75 Å². The normalized spacial score (nSPS) is 10.4. The molecule has 0 saturated carbocycles. The van der Waals surface area contributed by atoms with Crippen molar-refractivity contribution in [1.82, 2.24) is 5.32 Å². The Hall–Kier alpha value is -2.31. The number of ether oxygens (including phenoxy) is 2. The van der Waals surface area contributed by atoms with Gasteiger partial charge in [-0.2, -0.15) is 0 Å². The quantitative estimate of drug-likeness (QED) is 0.688. The Morgan fingerprint density at radius 2 is 1.96 bits per heavy atom. The lowest BCUT2D eigenvalue weighted by atomic mass is 10.2. The van der Waals surface area contributed by atoms with Crippen molar-refractivity contribution < 1.29 is 18.7 Å². The third kappa shape index (κ3) is 5.92. The number of halogens is 2. The van der Waals surface area contributed by atoms with Crippen LogP contribution in [0.2, 0.25) is 5.02 Å². The molecular formula is C18H20ClFN2O3. The Labute approximate surface area is 151 Å². The van der Waals surface area contributed by atoms with E-state index in [4.69, 9.17) is 21.1 Å². The van der Waals surface area contributed by atoms with Crippen LogP contribution in [0.1, 0.15) is 12.5 Å². The van der Waals surface area contributed by atoms with Gasteiger partial charge >= 0.3 is 6.03 Å². The highest BCUT2D eigenvalue weighted by atomic mass is 35.5. The van der Waals surface area contributed by atoms with Gasteiger partial charge in [-0.15, -0.1) is 0 Å². The molecule has 0 heterocycles. The van der Waals surface area contributed by atoms with Gasteiger partial charge in [0.05, 0.1) is 17.3 Å². The molecule has 0 atom stereocenters. The molecule has 0 fully saturated rings. The zero-order valence-electron chi connectivity index (χ0n) is 13.9. The third-order valence-electron chi connectivity index (χ3n) is 3.29. The van der Waals surface area contributed by atoms with Gasteiger partial charge in [0.1, 0.15) is 12.4 Å². The van der Waals surface area contributed by atoms with E-state index < -0.39 is 6.03 Å². The number of hydrogen-bond donors (Lipinski definition) is 2. The Kier molecular flexibility index (Phi) is 7.50. The summed E-state index contributed by atoms with van der Waals surface area (Å²) >= 11 is 6.13. The number of benzene rings is 2. The number of para-hydroxylation sites is 1. The predicted molar refractivity (Wildman–Crippen MR) is 95.7 cm³/mol. The summed E-state index contributed by atoms with van der Waals surface area (Å²) in [7, 11) is 0. The first-order valence-corrected chi connectivity index (χ1v) is 8.27. The smallest absolute Gasteiger partial charge is 0.319 e. The van der Waals surface area contributed by atoms with Gasteiger partial charge in [0.25, 0.3) is 0 Å². The highest BCUT2D eigenvalue weighted by Crippen LogP contribution is 2.32. The van der Waals surface area contributed by atoms with E-state index in [0.29, 0.717) is 41.8 Å². The van der Waals surface area contributed by atoms with E-state index in [1.165, 1.54) is 6.07 Å². The van der Waals surface area contributed by atoms with E-state index in [1.54, 1.807) is 36.4 Å². The molecule has 0 radical (unpaired) electrons. The van der Waals surface area contributed by atoms with Crippen LogP contribution in [0.5, 0.6) is 5.75 Å². The SMILES string of the molecule is CCOCCOc1c(Cl)cccc1NC(=O)NCc1ccccc1F. The van der Waals surface area contributed by atoms with Crippen LogP contribution in [-0.4, -0.2) is 25.9 Å². The standard InChI is InChI=1S/C18H20ClFN2O3/c1-2-24-10-11-25-17-14(19)7-5-9-16(17)22-18(23)21-12-13-6-3-4-8-15(13)20/h3-9H,2,10-12H2,1H3,(H2,21,22,23). The molecule has 2 amide bonds. The number of hydrogen-bond acceptors (Lipinski definition) is 3. The number of rotatable bonds is 8. The van der Waals surface area contributed by atoms with Crippen LogP contribution in [-0.2, 0) is 11.3 Å². The first-order chi connectivity index (χ1) is 12.1. The summed E-state index contributed by atoms with van der Waals surface area (Å²) in [5, 5.41) is 5.64. The van der Waals surface area contributed by atoms with Crippen molar-refractivity contribution in [3.63, 3.8) is 0 Å². The molecule has 5 nitrogen and oxygen atoms in total. The lowest BCUT2D eigenvalue weighted by molar-refractivity contribution is 0.110. The third-order valence-corrected chi connectivity index (χ3v) is 3.59. The van der Waals surface area contributed by atoms with Gasteiger partial charge in [0.2, 0.25) is 0 Å². The van der Waals surface area contributed by atoms with Crippen LogP contribution in [0.25, 0.3) is 0 Å². The monoisotopic (exact) mass is 366 g/mol. The Bertz CT molecular complexity index is 712. The summed E-state index contributed by atoms with van der Waals surface area (Å²) in [5.74, 6) is -0.00425. The fourth-order valence-electron chi connectivity index (χ4n) is 2.08. The van der Waals surface area contributed by atoms with Gasteiger partial charge in [-0.3, -0.25) is 0 Å². The zero-order valence-corrected chi connectivity index (χ0v) is 14.6. The minimum atomic E-state index is -0.486. The van der Waals surface area contributed by atoms with Crippen molar-refractivity contribution in [3.05, 3.63) is 58.9 Å². The van der Waals surface area contributed by atoms with E-state index in [2.05, 4.69) is 10.6 Å². The molecular weight excluding hydrogens is 347 g/mol. The summed E-state index contributed by atoms with van der Waals surface area (Å²) < 4.78 is 24.4. The second kappa shape index (κ2) is 9.86. The molecule has 134 valence electrons. The Morgan fingerprint density at radius 3 is 2.72 bits per heavy atom. The molecule has 2 aromatic carbocycles. The summed E-state index contributed by atoms with van der Waals surface area (Å²) in [5.41, 5.74) is 0.826. The minimum Gasteiger partial charge on any atom is -0.487 e. The predicted octanol–water partition coefficient (Wildman–Crippen LogP) is 4.22. The Morgan fingerprint density at radius 1 is 1.16 bits per heavy atom. The second-order valence-corrected chi connectivity index (χ2v) is 5.47. The van der Waals surface area contributed by atoms with Crippen LogP contribution in [0.4, 0.5) is 14.9 Å². The molecule has 2 N–H and O–H groups in total. The maximum Gasteiger partial charge on any atom is 0.319 e. The molecule has 2 rings (SSSR count). The van der Waals surface area contributed by atoms with Crippen LogP contribution >= 0.6 is 11.6 Å². The van der Waals surface area contributed by atoms with Crippen LogP contribution < -0.4 is 15.4 Å². The van der Waals surface area contributed by atoms with E-state index in [-0.39, 0.29) is 12.4 Å². The second-order valence-electron chi connectivity index (χ2n) is 5.06. The van der Waals surface area contributed by atoms with Crippen LogP contribution in [0, 0.1) is 5.82 Å². The van der Waals surface area contributed by atoms with E-state index in [0.717, 1.165) is 0 Å². The zero-order chi connectivity index (χ0) is 18.1. The first kappa shape index (κ1) is 19.0. The van der Waals surface area contributed by atoms with Gasteiger partial charge in [-0.25, -0.2) is 9.18 Å². The van der Waals surface area contributed by atoms with Crippen molar-refractivity contribution in [1.29, 1.82) is 0 Å². The molecule has 7 heteroatoms. The molecule has 0 unspecified atom stereocenters. The van der Waals surface area contributed by atoms with Gasteiger partial charge < -0.3 is 20.1 Å². The average Bonchev–Trinajstić information content (AvgIpc) is 2.60. The largest absolute Gasteiger partial charge is 0.487 e. The van der Waals surface area contributed by atoms with Gasteiger partial charge in [0, 0.05) is 18.7 Å². The number of amides is 2. The first-order valence-electron chi connectivity index (χ1n) is 7.89.